The predicted octanol–water partition coefficient (Wildman–Crippen LogP) is 6.20. The second kappa shape index (κ2) is 13.4. The average Bonchev–Trinajstić information content (AvgIpc) is 3.39. The molecule has 11 nitrogen and oxygen atoms in total. The Hall–Kier alpha value is -4.20. The molecule has 1 heterocycles. The van der Waals surface area contributed by atoms with Gasteiger partial charge in [0.2, 0.25) is 15.2 Å². The second-order valence-electron chi connectivity index (χ2n) is 10.7. The SMILES string of the molecule is COc1ccc2nc(N(/N=C/c3ccc([N+](=O)[O-])cc3)C(=O)c3ccc(S(=O)(=O)N(CC(C)C)CC(C)C)cc3)sc2c1. The number of sulfonamides is 1. The van der Waals surface area contributed by atoms with Crippen molar-refractivity contribution in [2.24, 2.45) is 16.9 Å². The van der Waals surface area contributed by atoms with Crippen LogP contribution in [0, 0.1) is 22.0 Å². The Morgan fingerprint density at radius 3 is 2.21 bits per heavy atom. The number of non-ortho nitro benzene ring substituents is 1. The molecular weight excluding hydrogens is 590 g/mol. The number of rotatable bonds is 12. The zero-order valence-corrected chi connectivity index (χ0v) is 26.1. The number of hydrogen-bond acceptors (Lipinski definition) is 9. The van der Waals surface area contributed by atoms with Crippen LogP contribution in [0.2, 0.25) is 0 Å². The van der Waals surface area contributed by atoms with Gasteiger partial charge in [-0.3, -0.25) is 14.9 Å². The lowest BCUT2D eigenvalue weighted by Crippen LogP contribution is -2.37. The lowest BCUT2D eigenvalue weighted by Gasteiger charge is -2.25. The van der Waals surface area contributed by atoms with Gasteiger partial charge in [-0.15, -0.1) is 0 Å². The van der Waals surface area contributed by atoms with Gasteiger partial charge in [-0.05, 0) is 72.0 Å². The highest BCUT2D eigenvalue weighted by Crippen LogP contribution is 2.32. The summed E-state index contributed by atoms with van der Waals surface area (Å²) in [6.07, 6.45) is 1.41. The van der Waals surface area contributed by atoms with Crippen molar-refractivity contribution in [3.63, 3.8) is 0 Å². The Balaban J connectivity index is 1.69. The predicted molar refractivity (Wildman–Crippen MR) is 169 cm³/mol. The van der Waals surface area contributed by atoms with Gasteiger partial charge < -0.3 is 4.74 Å². The largest absolute Gasteiger partial charge is 0.497 e. The lowest BCUT2D eigenvalue weighted by atomic mass is 10.2. The maximum absolute atomic E-state index is 13.8. The number of anilines is 1. The highest BCUT2D eigenvalue weighted by Gasteiger charge is 2.27. The van der Waals surface area contributed by atoms with E-state index in [1.165, 1.54) is 70.4 Å². The number of nitrogens with zero attached hydrogens (tertiary/aromatic N) is 5. The van der Waals surface area contributed by atoms with Gasteiger partial charge >= 0.3 is 0 Å². The molecule has 0 saturated heterocycles. The summed E-state index contributed by atoms with van der Waals surface area (Å²) in [6, 6.07) is 16.9. The summed E-state index contributed by atoms with van der Waals surface area (Å²) in [7, 11) is -2.22. The fourth-order valence-corrected chi connectivity index (χ4v) is 6.95. The maximum Gasteiger partial charge on any atom is 0.280 e. The molecule has 226 valence electrons. The van der Waals surface area contributed by atoms with Crippen molar-refractivity contribution in [3.05, 3.63) is 88.0 Å². The fourth-order valence-electron chi connectivity index (χ4n) is 4.23. The fraction of sp³-hybridized carbons (Fsp3) is 0.300. The summed E-state index contributed by atoms with van der Waals surface area (Å²) in [5.74, 6) is 0.390. The van der Waals surface area contributed by atoms with Gasteiger partial charge in [0.05, 0.1) is 33.4 Å². The van der Waals surface area contributed by atoms with Crippen LogP contribution in [0.25, 0.3) is 10.2 Å². The van der Waals surface area contributed by atoms with Gasteiger partial charge in [-0.1, -0.05) is 39.0 Å². The van der Waals surface area contributed by atoms with Crippen molar-refractivity contribution < 1.29 is 22.9 Å². The first-order chi connectivity index (χ1) is 20.4. The first-order valence-corrected chi connectivity index (χ1v) is 15.8. The number of nitro groups is 1. The third-order valence-corrected chi connectivity index (χ3v) is 9.10. The number of carbonyl (C=O) groups excluding carboxylic acids is 1. The molecule has 4 aromatic rings. The average molecular weight is 624 g/mol. The van der Waals surface area contributed by atoms with E-state index in [1.807, 2.05) is 27.7 Å². The van der Waals surface area contributed by atoms with Gasteiger partial charge in [0.15, 0.2) is 0 Å². The minimum atomic E-state index is -3.78. The number of fused-ring (bicyclic) bond motifs is 1. The molecule has 0 atom stereocenters. The van der Waals surface area contributed by atoms with E-state index in [-0.39, 0.29) is 33.1 Å². The highest BCUT2D eigenvalue weighted by atomic mass is 32.2. The molecule has 0 bridgehead atoms. The maximum atomic E-state index is 13.8. The molecule has 0 fully saturated rings. The molecule has 0 N–H and O–H groups in total. The molecule has 4 rings (SSSR count). The Labute approximate surface area is 254 Å². The molecule has 0 unspecified atom stereocenters. The molecule has 0 aliphatic heterocycles. The van der Waals surface area contributed by atoms with Crippen molar-refractivity contribution in [1.82, 2.24) is 9.29 Å². The van der Waals surface area contributed by atoms with Crippen molar-refractivity contribution in [3.8, 4) is 5.75 Å². The van der Waals surface area contributed by atoms with E-state index in [9.17, 15) is 23.3 Å². The Kier molecular flexibility index (Phi) is 9.89. The molecule has 1 amide bonds. The lowest BCUT2D eigenvalue weighted by molar-refractivity contribution is -0.384. The summed E-state index contributed by atoms with van der Waals surface area (Å²) in [6.45, 7) is 8.63. The van der Waals surface area contributed by atoms with Crippen LogP contribution in [0.5, 0.6) is 5.75 Å². The number of thiazole rings is 1. The summed E-state index contributed by atoms with van der Waals surface area (Å²) >= 11 is 1.23. The van der Waals surface area contributed by atoms with E-state index in [4.69, 9.17) is 4.74 Å². The number of aromatic nitrogens is 1. The van der Waals surface area contributed by atoms with E-state index < -0.39 is 20.9 Å². The van der Waals surface area contributed by atoms with E-state index in [2.05, 4.69) is 10.1 Å². The van der Waals surface area contributed by atoms with E-state index in [0.29, 0.717) is 29.9 Å². The molecule has 0 saturated carbocycles. The number of hydrazone groups is 1. The van der Waals surface area contributed by atoms with Gasteiger partial charge in [0.1, 0.15) is 5.75 Å². The molecular formula is C30H33N5O6S2. The van der Waals surface area contributed by atoms with E-state index in [0.717, 1.165) is 9.71 Å². The molecule has 3 aromatic carbocycles. The van der Waals surface area contributed by atoms with Crippen molar-refractivity contribution in [2.45, 2.75) is 32.6 Å². The number of benzene rings is 3. The van der Waals surface area contributed by atoms with E-state index >= 15 is 0 Å². The van der Waals surface area contributed by atoms with Crippen LogP contribution in [0.4, 0.5) is 10.8 Å². The van der Waals surface area contributed by atoms with Crippen molar-refractivity contribution >= 4 is 54.5 Å². The van der Waals surface area contributed by atoms with Crippen LogP contribution in [0.15, 0.2) is 76.7 Å². The summed E-state index contributed by atoms with van der Waals surface area (Å²) in [5, 5.41) is 16.8. The summed E-state index contributed by atoms with van der Waals surface area (Å²) in [4.78, 5) is 29.0. The summed E-state index contributed by atoms with van der Waals surface area (Å²) < 4.78 is 34.5. The molecule has 13 heteroatoms. The van der Waals surface area contributed by atoms with Gasteiger partial charge in [0.25, 0.3) is 11.6 Å². The molecule has 0 aliphatic carbocycles. The molecule has 1 aromatic heterocycles. The van der Waals surface area contributed by atoms with Crippen LogP contribution in [0.3, 0.4) is 0 Å². The van der Waals surface area contributed by atoms with Crippen LogP contribution in [0.1, 0.15) is 43.6 Å². The number of ether oxygens (including phenoxy) is 1. The molecule has 0 aliphatic rings. The molecule has 0 spiro atoms. The molecule has 0 radical (unpaired) electrons. The minimum absolute atomic E-state index is 0.0689. The first kappa shape index (κ1) is 31.7. The third kappa shape index (κ3) is 7.61. The number of hydrogen-bond donors (Lipinski definition) is 0. The number of methoxy groups -OCH3 is 1. The van der Waals surface area contributed by atoms with Gasteiger partial charge in [-0.25, -0.2) is 13.4 Å². The number of nitro benzene ring substituents is 1. The Morgan fingerprint density at radius 1 is 1.02 bits per heavy atom. The van der Waals surface area contributed by atoms with Gasteiger partial charge in [-0.2, -0.15) is 14.4 Å². The number of amides is 1. The van der Waals surface area contributed by atoms with Crippen LogP contribution < -0.4 is 9.75 Å². The van der Waals surface area contributed by atoms with E-state index in [1.54, 1.807) is 25.3 Å². The zero-order valence-electron chi connectivity index (χ0n) is 24.5. The Bertz CT molecular complexity index is 1720. The third-order valence-electron chi connectivity index (χ3n) is 6.26. The molecule has 43 heavy (non-hydrogen) atoms. The quantitative estimate of drug-likeness (QED) is 0.104. The van der Waals surface area contributed by atoms with Crippen molar-refractivity contribution in [2.75, 3.05) is 25.2 Å². The zero-order chi connectivity index (χ0) is 31.3. The topological polar surface area (TPSA) is 135 Å². The standard InChI is InChI=1S/C30H33N5O6S2/c1-20(2)18-33(19-21(3)4)43(39,40)26-13-8-23(9-14-26)29(36)34(31-17-22-6-10-24(11-7-22)35(37)38)30-32-27-15-12-25(41-5)16-28(27)42-30/h6-17,20-21H,18-19H2,1-5H3/b31-17+. The normalized spacial score (nSPS) is 12.1. The number of carbonyl (C=O) groups is 1. The van der Waals surface area contributed by atoms with Crippen LogP contribution in [-0.4, -0.2) is 55.0 Å². The summed E-state index contributed by atoms with van der Waals surface area (Å²) in [5.41, 5.74) is 1.31. The smallest absolute Gasteiger partial charge is 0.280 e. The van der Waals surface area contributed by atoms with Gasteiger partial charge in [0, 0.05) is 30.8 Å². The minimum Gasteiger partial charge on any atom is -0.497 e. The highest BCUT2D eigenvalue weighted by molar-refractivity contribution is 7.89. The van der Waals surface area contributed by atoms with Crippen molar-refractivity contribution in [1.29, 1.82) is 0 Å². The first-order valence-electron chi connectivity index (χ1n) is 13.6. The van der Waals surface area contributed by atoms with Crippen LogP contribution in [-0.2, 0) is 10.0 Å². The Morgan fingerprint density at radius 2 is 1.65 bits per heavy atom. The monoisotopic (exact) mass is 623 g/mol. The second-order valence-corrected chi connectivity index (χ2v) is 13.6. The van der Waals surface area contributed by atoms with Crippen LogP contribution >= 0.6 is 11.3 Å².